The van der Waals surface area contributed by atoms with Crippen LogP contribution < -0.4 is 5.32 Å². The second-order valence-electron chi connectivity index (χ2n) is 2.95. The van der Waals surface area contributed by atoms with Gasteiger partial charge in [-0.05, 0) is 13.0 Å². The maximum absolute atomic E-state index is 12.9. The second kappa shape index (κ2) is 4.35. The summed E-state index contributed by atoms with van der Waals surface area (Å²) in [5.41, 5.74) is 0.712. The van der Waals surface area contributed by atoms with E-state index in [1.807, 2.05) is 6.92 Å². The van der Waals surface area contributed by atoms with Crippen LogP contribution in [-0.2, 0) is 0 Å². The van der Waals surface area contributed by atoms with Gasteiger partial charge in [0, 0.05) is 18.3 Å². The van der Waals surface area contributed by atoms with E-state index in [2.05, 4.69) is 15.3 Å². The van der Waals surface area contributed by atoms with Crippen LogP contribution >= 0.6 is 11.3 Å². The summed E-state index contributed by atoms with van der Waals surface area (Å²) in [6.07, 6.45) is 4.54. The number of pyridine rings is 1. The molecule has 15 heavy (non-hydrogen) atoms. The minimum Gasteiger partial charge on any atom is -0.376 e. The summed E-state index contributed by atoms with van der Waals surface area (Å²) in [5.74, 6) is -0.340. The Bertz CT molecular complexity index is 455. The Balaban J connectivity index is 2.29. The zero-order valence-corrected chi connectivity index (χ0v) is 9.01. The lowest BCUT2D eigenvalue weighted by atomic mass is 10.3. The van der Waals surface area contributed by atoms with E-state index in [4.69, 9.17) is 0 Å². The lowest BCUT2D eigenvalue weighted by molar-refractivity contribution is 0.622. The minimum absolute atomic E-state index is 0.340. The Hall–Kier alpha value is -1.49. The molecule has 5 heteroatoms. The van der Waals surface area contributed by atoms with E-state index < -0.39 is 0 Å². The molecule has 3 nitrogen and oxygen atoms in total. The first-order valence-electron chi connectivity index (χ1n) is 4.60. The molecule has 0 atom stereocenters. The second-order valence-corrected chi connectivity index (χ2v) is 3.98. The van der Waals surface area contributed by atoms with E-state index >= 15 is 0 Å². The van der Waals surface area contributed by atoms with Crippen LogP contribution in [0.4, 0.5) is 9.39 Å². The van der Waals surface area contributed by atoms with Crippen molar-refractivity contribution < 1.29 is 4.39 Å². The van der Waals surface area contributed by atoms with Gasteiger partial charge in [0.05, 0.1) is 12.4 Å². The zero-order valence-electron chi connectivity index (χ0n) is 8.20. The third-order valence-corrected chi connectivity index (χ3v) is 2.81. The summed E-state index contributed by atoms with van der Waals surface area (Å²) in [4.78, 5) is 7.98. The number of anilines is 1. The minimum atomic E-state index is -0.340. The third-order valence-electron chi connectivity index (χ3n) is 1.81. The molecule has 0 bridgehead atoms. The highest BCUT2D eigenvalue weighted by Gasteiger charge is 2.05. The van der Waals surface area contributed by atoms with Gasteiger partial charge in [-0.15, -0.1) is 0 Å². The molecule has 0 saturated carbocycles. The lowest BCUT2D eigenvalue weighted by Crippen LogP contribution is -1.92. The number of rotatable bonds is 3. The number of halogens is 1. The molecule has 0 saturated heterocycles. The van der Waals surface area contributed by atoms with E-state index in [9.17, 15) is 4.39 Å². The van der Waals surface area contributed by atoms with Crippen molar-refractivity contribution in [3.8, 4) is 10.6 Å². The van der Waals surface area contributed by atoms with Gasteiger partial charge < -0.3 is 5.32 Å². The van der Waals surface area contributed by atoms with Crippen molar-refractivity contribution in [2.75, 3.05) is 11.9 Å². The Morgan fingerprint density at radius 2 is 2.27 bits per heavy atom. The standard InChI is InChI=1S/C10H10FN3S/c1-2-13-9-6-14-10(15-9)7-3-8(11)5-12-4-7/h3-6,13H,2H2,1H3. The molecule has 0 spiro atoms. The normalized spacial score (nSPS) is 10.3. The topological polar surface area (TPSA) is 37.8 Å². The van der Waals surface area contributed by atoms with E-state index in [1.54, 1.807) is 12.4 Å². The van der Waals surface area contributed by atoms with Gasteiger partial charge in [-0.3, -0.25) is 4.98 Å². The summed E-state index contributed by atoms with van der Waals surface area (Å²) in [6, 6.07) is 1.43. The van der Waals surface area contributed by atoms with Crippen LogP contribution in [0.1, 0.15) is 6.92 Å². The van der Waals surface area contributed by atoms with E-state index in [-0.39, 0.29) is 5.82 Å². The van der Waals surface area contributed by atoms with Crippen LogP contribution in [0.25, 0.3) is 10.6 Å². The molecule has 2 heterocycles. The molecule has 0 aliphatic heterocycles. The van der Waals surface area contributed by atoms with Crippen LogP contribution in [0.15, 0.2) is 24.7 Å². The number of hydrogen-bond donors (Lipinski definition) is 1. The van der Waals surface area contributed by atoms with Crippen molar-refractivity contribution in [1.29, 1.82) is 0 Å². The largest absolute Gasteiger partial charge is 0.376 e. The Morgan fingerprint density at radius 3 is 3.00 bits per heavy atom. The molecule has 78 valence electrons. The predicted molar refractivity (Wildman–Crippen MR) is 59.5 cm³/mol. The highest BCUT2D eigenvalue weighted by molar-refractivity contribution is 7.18. The van der Waals surface area contributed by atoms with Crippen molar-refractivity contribution in [2.45, 2.75) is 6.92 Å². The number of hydrogen-bond acceptors (Lipinski definition) is 4. The maximum Gasteiger partial charge on any atom is 0.142 e. The average molecular weight is 223 g/mol. The SMILES string of the molecule is CCNc1cnc(-c2cncc(F)c2)s1. The molecule has 2 rings (SSSR count). The highest BCUT2D eigenvalue weighted by Crippen LogP contribution is 2.27. The van der Waals surface area contributed by atoms with Gasteiger partial charge in [0.25, 0.3) is 0 Å². The summed E-state index contributed by atoms with van der Waals surface area (Å²) in [5, 5.41) is 4.91. The Labute approximate surface area is 91.0 Å². The number of nitrogens with zero attached hydrogens (tertiary/aromatic N) is 2. The molecule has 0 amide bonds. The predicted octanol–water partition coefficient (Wildman–Crippen LogP) is 2.78. The number of nitrogens with one attached hydrogen (secondary N) is 1. The number of thiazole rings is 1. The molecular formula is C10H10FN3S. The summed E-state index contributed by atoms with van der Waals surface area (Å²) in [6.45, 7) is 2.87. The first-order chi connectivity index (χ1) is 7.29. The molecule has 0 aliphatic rings. The molecule has 2 aromatic heterocycles. The van der Waals surface area contributed by atoms with Crippen LogP contribution in [0.2, 0.25) is 0 Å². The Kier molecular flexibility index (Phi) is 2.91. The molecule has 0 unspecified atom stereocenters. The third kappa shape index (κ3) is 2.30. The first kappa shape index (κ1) is 10.0. The van der Waals surface area contributed by atoms with Crippen molar-refractivity contribution in [2.24, 2.45) is 0 Å². The smallest absolute Gasteiger partial charge is 0.142 e. The van der Waals surface area contributed by atoms with Crippen LogP contribution in [0, 0.1) is 5.82 Å². The molecule has 1 N–H and O–H groups in total. The van der Waals surface area contributed by atoms with Crippen molar-refractivity contribution >= 4 is 16.3 Å². The van der Waals surface area contributed by atoms with Gasteiger partial charge in [0.2, 0.25) is 0 Å². The van der Waals surface area contributed by atoms with Crippen molar-refractivity contribution in [1.82, 2.24) is 9.97 Å². The van der Waals surface area contributed by atoms with E-state index in [1.165, 1.54) is 23.6 Å². The van der Waals surface area contributed by atoms with Gasteiger partial charge in [-0.2, -0.15) is 0 Å². The summed E-state index contributed by atoms with van der Waals surface area (Å²) in [7, 11) is 0. The highest BCUT2D eigenvalue weighted by atomic mass is 32.1. The molecule has 0 fully saturated rings. The van der Waals surface area contributed by atoms with Gasteiger partial charge in [-0.1, -0.05) is 11.3 Å². The summed E-state index contributed by atoms with van der Waals surface area (Å²) >= 11 is 1.49. The Morgan fingerprint density at radius 1 is 1.40 bits per heavy atom. The fourth-order valence-corrected chi connectivity index (χ4v) is 2.06. The van der Waals surface area contributed by atoms with Crippen LogP contribution in [-0.4, -0.2) is 16.5 Å². The van der Waals surface area contributed by atoms with Crippen molar-refractivity contribution in [3.63, 3.8) is 0 Å². The quantitative estimate of drug-likeness (QED) is 0.869. The fraction of sp³-hybridized carbons (Fsp3) is 0.200. The molecular weight excluding hydrogens is 213 g/mol. The van der Waals surface area contributed by atoms with E-state index in [0.29, 0.717) is 5.56 Å². The molecule has 0 aliphatic carbocycles. The van der Waals surface area contributed by atoms with Gasteiger partial charge >= 0.3 is 0 Å². The monoisotopic (exact) mass is 223 g/mol. The van der Waals surface area contributed by atoms with Crippen LogP contribution in [0.3, 0.4) is 0 Å². The lowest BCUT2D eigenvalue weighted by Gasteiger charge is -1.95. The number of aromatic nitrogens is 2. The van der Waals surface area contributed by atoms with Gasteiger partial charge in [-0.25, -0.2) is 9.37 Å². The van der Waals surface area contributed by atoms with Crippen LogP contribution in [0.5, 0.6) is 0 Å². The molecule has 0 aromatic carbocycles. The van der Waals surface area contributed by atoms with E-state index in [0.717, 1.165) is 16.6 Å². The zero-order chi connectivity index (χ0) is 10.7. The molecule has 2 aromatic rings. The van der Waals surface area contributed by atoms with Gasteiger partial charge in [0.1, 0.15) is 15.8 Å². The summed E-state index contributed by atoms with van der Waals surface area (Å²) < 4.78 is 12.9. The average Bonchev–Trinajstić information content (AvgIpc) is 2.67. The fourth-order valence-electron chi connectivity index (χ4n) is 1.19. The maximum atomic E-state index is 12.9. The van der Waals surface area contributed by atoms with Crippen molar-refractivity contribution in [3.05, 3.63) is 30.5 Å². The van der Waals surface area contributed by atoms with Gasteiger partial charge in [0.15, 0.2) is 0 Å². The molecule has 0 radical (unpaired) electrons. The first-order valence-corrected chi connectivity index (χ1v) is 5.42.